The number of piperazine rings is 1. The van der Waals surface area contributed by atoms with Crippen LogP contribution in [0, 0.1) is 0 Å². The van der Waals surface area contributed by atoms with E-state index < -0.39 is 17.6 Å². The van der Waals surface area contributed by atoms with Crippen LogP contribution in [0.3, 0.4) is 0 Å². The second kappa shape index (κ2) is 8.22. The van der Waals surface area contributed by atoms with Crippen LogP contribution in [0.15, 0.2) is 48.5 Å². The van der Waals surface area contributed by atoms with E-state index in [0.717, 1.165) is 44.0 Å². The predicted octanol–water partition coefficient (Wildman–Crippen LogP) is 4.49. The van der Waals surface area contributed by atoms with Gasteiger partial charge >= 0.3 is 6.18 Å². The molecule has 2 aromatic carbocycles. The molecule has 1 saturated heterocycles. The maximum Gasteiger partial charge on any atom is 0.416 e. The molecule has 3 rings (SSSR count). The van der Waals surface area contributed by atoms with Gasteiger partial charge in [-0.2, -0.15) is 13.2 Å². The first-order chi connectivity index (χ1) is 13.2. The van der Waals surface area contributed by atoms with Crippen LogP contribution < -0.4 is 10.2 Å². The van der Waals surface area contributed by atoms with E-state index in [-0.39, 0.29) is 5.56 Å². The Morgan fingerprint density at radius 3 is 2.00 bits per heavy atom. The summed E-state index contributed by atoms with van der Waals surface area (Å²) in [6.45, 7) is 8.34. The van der Waals surface area contributed by atoms with E-state index in [9.17, 15) is 18.0 Å². The molecule has 150 valence electrons. The summed E-state index contributed by atoms with van der Waals surface area (Å²) >= 11 is 0. The lowest BCUT2D eigenvalue weighted by atomic mass is 10.1. The van der Waals surface area contributed by atoms with Crippen LogP contribution >= 0.6 is 0 Å². The van der Waals surface area contributed by atoms with E-state index in [1.165, 1.54) is 12.1 Å². The molecule has 1 heterocycles. The van der Waals surface area contributed by atoms with Crippen molar-refractivity contribution in [3.63, 3.8) is 0 Å². The largest absolute Gasteiger partial charge is 0.416 e. The van der Waals surface area contributed by atoms with Gasteiger partial charge in [0.2, 0.25) is 0 Å². The van der Waals surface area contributed by atoms with Gasteiger partial charge in [-0.15, -0.1) is 0 Å². The van der Waals surface area contributed by atoms with E-state index >= 15 is 0 Å². The quantitative estimate of drug-likeness (QED) is 0.834. The highest BCUT2D eigenvalue weighted by Crippen LogP contribution is 2.29. The average molecular weight is 391 g/mol. The fourth-order valence-electron chi connectivity index (χ4n) is 3.27. The van der Waals surface area contributed by atoms with Crippen molar-refractivity contribution in [1.82, 2.24) is 4.90 Å². The Hall–Kier alpha value is -2.54. The smallest absolute Gasteiger partial charge is 0.369 e. The van der Waals surface area contributed by atoms with Gasteiger partial charge in [-0.1, -0.05) is 0 Å². The number of anilines is 2. The fraction of sp³-hybridized carbons (Fsp3) is 0.381. The van der Waals surface area contributed by atoms with Crippen molar-refractivity contribution in [1.29, 1.82) is 0 Å². The SMILES string of the molecule is CC(C)N1CCN(c2ccc(NC(=O)c3ccc(C(F)(F)F)cc3)cc2)CC1. The summed E-state index contributed by atoms with van der Waals surface area (Å²) in [7, 11) is 0. The van der Waals surface area contributed by atoms with Gasteiger partial charge in [-0.25, -0.2) is 0 Å². The number of nitrogens with zero attached hydrogens (tertiary/aromatic N) is 2. The summed E-state index contributed by atoms with van der Waals surface area (Å²) in [4.78, 5) is 17.0. The number of alkyl halides is 3. The number of halogens is 3. The molecule has 0 saturated carbocycles. The third-order valence-electron chi connectivity index (χ3n) is 5.01. The molecule has 1 N–H and O–H groups in total. The van der Waals surface area contributed by atoms with Crippen LogP contribution in [0.4, 0.5) is 24.5 Å². The molecule has 0 aromatic heterocycles. The van der Waals surface area contributed by atoms with Gasteiger partial charge in [0.05, 0.1) is 5.56 Å². The predicted molar refractivity (Wildman–Crippen MR) is 105 cm³/mol. The Balaban J connectivity index is 1.59. The first-order valence-electron chi connectivity index (χ1n) is 9.32. The standard InChI is InChI=1S/C21H24F3N3O/c1-15(2)26-11-13-27(14-12-26)19-9-7-18(8-10-19)25-20(28)16-3-5-17(6-4-16)21(22,23)24/h3-10,15H,11-14H2,1-2H3,(H,25,28). The number of hydrogen-bond donors (Lipinski definition) is 1. The van der Waals surface area contributed by atoms with Crippen molar-refractivity contribution in [3.8, 4) is 0 Å². The fourth-order valence-corrected chi connectivity index (χ4v) is 3.27. The minimum absolute atomic E-state index is 0.182. The molecule has 7 heteroatoms. The van der Waals surface area contributed by atoms with Crippen LogP contribution in [0.2, 0.25) is 0 Å². The van der Waals surface area contributed by atoms with Gasteiger partial charge < -0.3 is 10.2 Å². The van der Waals surface area contributed by atoms with Crippen LogP contribution in [0.5, 0.6) is 0 Å². The number of rotatable bonds is 4. The molecule has 2 aromatic rings. The third-order valence-corrected chi connectivity index (χ3v) is 5.01. The third kappa shape index (κ3) is 4.84. The highest BCUT2D eigenvalue weighted by atomic mass is 19.4. The molecule has 4 nitrogen and oxygen atoms in total. The maximum atomic E-state index is 12.6. The van der Waals surface area contributed by atoms with Crippen molar-refractivity contribution in [2.24, 2.45) is 0 Å². The minimum atomic E-state index is -4.41. The minimum Gasteiger partial charge on any atom is -0.369 e. The number of carbonyl (C=O) groups excluding carboxylic acids is 1. The summed E-state index contributed by atoms with van der Waals surface area (Å²) < 4.78 is 37.8. The first kappa shape index (κ1) is 20.2. The van der Waals surface area contributed by atoms with Gasteiger partial charge in [-0.3, -0.25) is 9.69 Å². The normalized spacial score (nSPS) is 15.7. The highest BCUT2D eigenvalue weighted by molar-refractivity contribution is 6.04. The van der Waals surface area contributed by atoms with Gasteiger partial charge in [0.25, 0.3) is 5.91 Å². The molecule has 1 fully saturated rings. The topological polar surface area (TPSA) is 35.6 Å². The van der Waals surface area contributed by atoms with Crippen molar-refractivity contribution >= 4 is 17.3 Å². The van der Waals surface area contributed by atoms with Crippen LogP contribution in [0.25, 0.3) is 0 Å². The Labute approximate surface area is 162 Å². The zero-order valence-corrected chi connectivity index (χ0v) is 16.0. The monoisotopic (exact) mass is 391 g/mol. The molecular formula is C21H24F3N3O. The van der Waals surface area contributed by atoms with E-state index in [2.05, 4.69) is 29.0 Å². The summed E-state index contributed by atoms with van der Waals surface area (Å²) in [5, 5.41) is 2.72. The molecule has 0 bridgehead atoms. The number of hydrogen-bond acceptors (Lipinski definition) is 3. The van der Waals surface area contributed by atoms with Crippen LogP contribution in [-0.4, -0.2) is 43.0 Å². The molecule has 28 heavy (non-hydrogen) atoms. The maximum absolute atomic E-state index is 12.6. The molecule has 0 spiro atoms. The van der Waals surface area contributed by atoms with E-state index in [1.807, 2.05) is 24.3 Å². The van der Waals surface area contributed by atoms with Crippen molar-refractivity contribution in [2.45, 2.75) is 26.1 Å². The molecule has 0 atom stereocenters. The summed E-state index contributed by atoms with van der Waals surface area (Å²) in [5.74, 6) is -0.438. The van der Waals surface area contributed by atoms with Crippen molar-refractivity contribution in [2.75, 3.05) is 36.4 Å². The lowest BCUT2D eigenvalue weighted by Crippen LogP contribution is -2.48. The van der Waals surface area contributed by atoms with E-state index in [4.69, 9.17) is 0 Å². The number of amides is 1. The molecule has 0 aliphatic carbocycles. The van der Waals surface area contributed by atoms with Crippen molar-refractivity contribution < 1.29 is 18.0 Å². The molecule has 1 aliphatic heterocycles. The second-order valence-electron chi connectivity index (χ2n) is 7.19. The van der Waals surface area contributed by atoms with Crippen molar-refractivity contribution in [3.05, 3.63) is 59.7 Å². The average Bonchev–Trinajstić information content (AvgIpc) is 2.68. The van der Waals surface area contributed by atoms with Crippen LogP contribution in [0.1, 0.15) is 29.8 Å². The van der Waals surface area contributed by atoms with E-state index in [1.54, 1.807) is 0 Å². The van der Waals surface area contributed by atoms with Gasteiger partial charge in [-0.05, 0) is 62.4 Å². The molecule has 1 amide bonds. The zero-order chi connectivity index (χ0) is 20.3. The van der Waals surface area contributed by atoms with Gasteiger partial charge in [0, 0.05) is 49.2 Å². The van der Waals surface area contributed by atoms with E-state index in [0.29, 0.717) is 11.7 Å². The summed E-state index contributed by atoms with van der Waals surface area (Å²) in [5.41, 5.74) is 1.11. The van der Waals surface area contributed by atoms with Gasteiger partial charge in [0.1, 0.15) is 0 Å². The zero-order valence-electron chi connectivity index (χ0n) is 16.0. The lowest BCUT2D eigenvalue weighted by Gasteiger charge is -2.38. The Bertz CT molecular complexity index is 793. The Morgan fingerprint density at radius 2 is 1.50 bits per heavy atom. The Kier molecular flexibility index (Phi) is 5.93. The molecular weight excluding hydrogens is 367 g/mol. The molecule has 1 aliphatic rings. The molecule has 0 radical (unpaired) electrons. The highest BCUT2D eigenvalue weighted by Gasteiger charge is 2.30. The first-order valence-corrected chi connectivity index (χ1v) is 9.32. The van der Waals surface area contributed by atoms with Gasteiger partial charge in [0.15, 0.2) is 0 Å². The lowest BCUT2D eigenvalue weighted by molar-refractivity contribution is -0.137. The summed E-state index contributed by atoms with van der Waals surface area (Å²) in [6.07, 6.45) is -4.41. The number of nitrogens with one attached hydrogen (secondary N) is 1. The van der Waals surface area contributed by atoms with Crippen LogP contribution in [-0.2, 0) is 6.18 Å². The molecule has 0 unspecified atom stereocenters. The second-order valence-corrected chi connectivity index (χ2v) is 7.19. The number of carbonyl (C=O) groups is 1. The number of benzene rings is 2. The Morgan fingerprint density at radius 1 is 0.929 bits per heavy atom. The summed E-state index contributed by atoms with van der Waals surface area (Å²) in [6, 6.07) is 12.3.